The van der Waals surface area contributed by atoms with Crippen LogP contribution < -0.4 is 0 Å². The van der Waals surface area contributed by atoms with Crippen molar-refractivity contribution in [3.63, 3.8) is 0 Å². The van der Waals surface area contributed by atoms with E-state index in [9.17, 15) is 4.39 Å². The third-order valence-corrected chi connectivity index (χ3v) is 2.81. The Morgan fingerprint density at radius 3 is 2.09 bits per heavy atom. The molecule has 1 heterocycles. The molecule has 0 fully saturated rings. The van der Waals surface area contributed by atoms with E-state index in [4.69, 9.17) is 0 Å². The monoisotopic (exact) mass is 307 g/mol. The van der Waals surface area contributed by atoms with Gasteiger partial charge in [-0.15, -0.1) is 5.10 Å². The molecular formula is C18H30FN3. The molecule has 1 aromatic carbocycles. The van der Waals surface area contributed by atoms with E-state index < -0.39 is 5.67 Å². The third kappa shape index (κ3) is 7.34. The van der Waals surface area contributed by atoms with E-state index in [-0.39, 0.29) is 0 Å². The Morgan fingerprint density at radius 1 is 1.05 bits per heavy atom. The fraction of sp³-hybridized carbons (Fsp3) is 0.556. The molecule has 0 aliphatic heterocycles. The average molecular weight is 307 g/mol. The van der Waals surface area contributed by atoms with Crippen molar-refractivity contribution in [1.29, 1.82) is 0 Å². The Morgan fingerprint density at radius 2 is 1.59 bits per heavy atom. The summed E-state index contributed by atoms with van der Waals surface area (Å²) in [5, 5.41) is 8.13. The SMILES string of the molecule is CC.CC.Cc1ccc(-n2cc(CCC(C)(C)F)nn2)cc1. The minimum absolute atomic E-state index is 0.458. The third-order valence-electron chi connectivity index (χ3n) is 2.81. The molecule has 0 bridgehead atoms. The minimum atomic E-state index is -1.16. The van der Waals surface area contributed by atoms with Gasteiger partial charge in [0.25, 0.3) is 0 Å². The highest BCUT2D eigenvalue weighted by Gasteiger charge is 2.16. The number of hydrogen-bond acceptors (Lipinski definition) is 2. The van der Waals surface area contributed by atoms with Crippen molar-refractivity contribution < 1.29 is 4.39 Å². The summed E-state index contributed by atoms with van der Waals surface area (Å²) < 4.78 is 15.1. The van der Waals surface area contributed by atoms with Gasteiger partial charge in [-0.2, -0.15) is 0 Å². The maximum atomic E-state index is 13.4. The van der Waals surface area contributed by atoms with Crippen LogP contribution in [-0.4, -0.2) is 20.7 Å². The lowest BCUT2D eigenvalue weighted by molar-refractivity contribution is 0.201. The van der Waals surface area contributed by atoms with Crippen LogP contribution in [0.25, 0.3) is 5.69 Å². The molecule has 0 aliphatic rings. The molecular weight excluding hydrogens is 277 g/mol. The molecule has 1 aromatic heterocycles. The van der Waals surface area contributed by atoms with E-state index in [1.54, 1.807) is 18.5 Å². The van der Waals surface area contributed by atoms with Crippen molar-refractivity contribution in [1.82, 2.24) is 15.0 Å². The van der Waals surface area contributed by atoms with Gasteiger partial charge in [-0.25, -0.2) is 9.07 Å². The summed E-state index contributed by atoms with van der Waals surface area (Å²) in [5.41, 5.74) is 1.84. The molecule has 124 valence electrons. The van der Waals surface area contributed by atoms with Crippen LogP contribution in [0.1, 0.15) is 59.2 Å². The van der Waals surface area contributed by atoms with E-state index in [0.717, 1.165) is 11.4 Å². The molecule has 3 nitrogen and oxygen atoms in total. The largest absolute Gasteiger partial charge is 0.244 e. The Labute approximate surface area is 134 Å². The molecule has 0 saturated heterocycles. The van der Waals surface area contributed by atoms with E-state index in [1.807, 2.05) is 65.1 Å². The predicted molar refractivity (Wildman–Crippen MR) is 92.3 cm³/mol. The lowest BCUT2D eigenvalue weighted by Crippen LogP contribution is -2.12. The number of aryl methyl sites for hydroxylation is 2. The second-order valence-corrected chi connectivity index (χ2v) is 5.21. The molecule has 0 N–H and O–H groups in total. The number of benzene rings is 1. The number of alkyl halides is 1. The van der Waals surface area contributed by atoms with Gasteiger partial charge in [0.2, 0.25) is 0 Å². The lowest BCUT2D eigenvalue weighted by atomic mass is 10.0. The maximum Gasteiger partial charge on any atom is 0.105 e. The van der Waals surface area contributed by atoms with Crippen molar-refractivity contribution >= 4 is 0 Å². The molecule has 4 heteroatoms. The Bertz CT molecular complexity index is 510. The number of halogens is 1. The summed E-state index contributed by atoms with van der Waals surface area (Å²) in [7, 11) is 0. The second kappa shape index (κ2) is 10.1. The van der Waals surface area contributed by atoms with Crippen molar-refractivity contribution in [2.75, 3.05) is 0 Å². The summed E-state index contributed by atoms with van der Waals surface area (Å²) >= 11 is 0. The molecule has 0 amide bonds. The molecule has 0 spiro atoms. The normalized spacial score (nSPS) is 10.2. The molecule has 2 rings (SSSR count). The summed E-state index contributed by atoms with van der Waals surface area (Å²) in [5.74, 6) is 0. The van der Waals surface area contributed by atoms with E-state index in [2.05, 4.69) is 10.3 Å². The van der Waals surface area contributed by atoms with Crippen LogP contribution in [0.2, 0.25) is 0 Å². The first-order valence-electron chi connectivity index (χ1n) is 8.11. The summed E-state index contributed by atoms with van der Waals surface area (Å²) in [6, 6.07) is 8.04. The smallest absolute Gasteiger partial charge is 0.105 e. The van der Waals surface area contributed by atoms with Crippen molar-refractivity contribution in [2.45, 2.75) is 67.0 Å². The van der Waals surface area contributed by atoms with Crippen LogP contribution in [0, 0.1) is 6.92 Å². The predicted octanol–water partition coefficient (Wildman–Crippen LogP) is 5.31. The summed E-state index contributed by atoms with van der Waals surface area (Å²) in [6.07, 6.45) is 2.92. The Kier molecular flexibility index (Phi) is 9.31. The van der Waals surface area contributed by atoms with E-state index in [1.165, 1.54) is 5.56 Å². The van der Waals surface area contributed by atoms with Crippen LogP contribution in [0.4, 0.5) is 4.39 Å². The van der Waals surface area contributed by atoms with E-state index >= 15 is 0 Å². The lowest BCUT2D eigenvalue weighted by Gasteiger charge is -2.11. The fourth-order valence-corrected chi connectivity index (χ4v) is 1.66. The highest BCUT2D eigenvalue weighted by atomic mass is 19.1. The molecule has 0 aliphatic carbocycles. The topological polar surface area (TPSA) is 30.7 Å². The zero-order valence-electron chi connectivity index (χ0n) is 15.0. The molecule has 0 saturated carbocycles. The number of rotatable bonds is 4. The van der Waals surface area contributed by atoms with Gasteiger partial charge in [-0.05, 0) is 45.7 Å². The highest BCUT2D eigenvalue weighted by molar-refractivity contribution is 5.33. The van der Waals surface area contributed by atoms with Gasteiger partial charge in [0.05, 0.1) is 17.6 Å². The van der Waals surface area contributed by atoms with Gasteiger partial charge in [-0.1, -0.05) is 50.6 Å². The highest BCUT2D eigenvalue weighted by Crippen LogP contribution is 2.17. The molecule has 0 unspecified atom stereocenters. The fourth-order valence-electron chi connectivity index (χ4n) is 1.66. The van der Waals surface area contributed by atoms with Gasteiger partial charge >= 0.3 is 0 Å². The Balaban J connectivity index is 0.00000102. The summed E-state index contributed by atoms with van der Waals surface area (Å²) in [4.78, 5) is 0. The van der Waals surface area contributed by atoms with Gasteiger partial charge in [0.1, 0.15) is 5.67 Å². The molecule has 0 radical (unpaired) electrons. The first kappa shape index (κ1) is 20.3. The summed E-state index contributed by atoms with van der Waals surface area (Å²) in [6.45, 7) is 13.2. The van der Waals surface area contributed by atoms with Crippen molar-refractivity contribution in [3.05, 3.63) is 41.7 Å². The maximum absolute atomic E-state index is 13.4. The minimum Gasteiger partial charge on any atom is -0.244 e. The van der Waals surface area contributed by atoms with Crippen LogP contribution in [0.15, 0.2) is 30.5 Å². The first-order valence-corrected chi connectivity index (χ1v) is 8.11. The zero-order valence-corrected chi connectivity index (χ0v) is 15.0. The second-order valence-electron chi connectivity index (χ2n) is 5.21. The quantitative estimate of drug-likeness (QED) is 0.766. The van der Waals surface area contributed by atoms with E-state index in [0.29, 0.717) is 12.8 Å². The standard InChI is InChI=1S/C14H18FN3.2C2H6/c1-11-4-6-13(7-5-11)18-10-12(16-17-18)8-9-14(2,3)15;2*1-2/h4-7,10H,8-9H2,1-3H3;2*1-2H3. The molecule has 22 heavy (non-hydrogen) atoms. The zero-order chi connectivity index (χ0) is 17.2. The molecule has 0 atom stereocenters. The van der Waals surface area contributed by atoms with Gasteiger partial charge < -0.3 is 0 Å². The average Bonchev–Trinajstić information content (AvgIpc) is 2.98. The number of aromatic nitrogens is 3. The molecule has 2 aromatic rings. The number of hydrogen-bond donors (Lipinski definition) is 0. The van der Waals surface area contributed by atoms with Crippen LogP contribution in [-0.2, 0) is 6.42 Å². The van der Waals surface area contributed by atoms with Crippen LogP contribution >= 0.6 is 0 Å². The van der Waals surface area contributed by atoms with Gasteiger partial charge in [0.15, 0.2) is 0 Å². The first-order chi connectivity index (χ1) is 10.4. The van der Waals surface area contributed by atoms with Gasteiger partial charge in [0, 0.05) is 0 Å². The van der Waals surface area contributed by atoms with Crippen LogP contribution in [0.5, 0.6) is 0 Å². The number of nitrogens with zero attached hydrogens (tertiary/aromatic N) is 3. The van der Waals surface area contributed by atoms with Crippen molar-refractivity contribution in [2.24, 2.45) is 0 Å². The van der Waals surface area contributed by atoms with Crippen LogP contribution in [0.3, 0.4) is 0 Å². The van der Waals surface area contributed by atoms with Crippen molar-refractivity contribution in [3.8, 4) is 5.69 Å². The Hall–Kier alpha value is -1.71. The van der Waals surface area contributed by atoms with Gasteiger partial charge in [-0.3, -0.25) is 0 Å².